The highest BCUT2D eigenvalue weighted by Crippen LogP contribution is 2.41. The maximum absolute atomic E-state index is 13.6. The van der Waals surface area contributed by atoms with Crippen molar-refractivity contribution in [1.82, 2.24) is 4.90 Å². The number of rotatable bonds is 10. The van der Waals surface area contributed by atoms with Crippen LogP contribution >= 0.6 is 0 Å². The molecule has 0 saturated heterocycles. The molecule has 1 amide bonds. The van der Waals surface area contributed by atoms with Crippen LogP contribution in [-0.4, -0.2) is 28.3 Å². The van der Waals surface area contributed by atoms with E-state index in [0.717, 1.165) is 24.6 Å². The number of aliphatic hydroxyl groups excluding tert-OH is 1. The number of aliphatic hydroxyl groups is 1. The second-order valence-corrected chi connectivity index (χ2v) is 8.78. The molecule has 7 heteroatoms. The monoisotopic (exact) mass is 485 g/mol. The van der Waals surface area contributed by atoms with Crippen LogP contribution in [0.5, 0.6) is 5.75 Å². The third-order valence-corrected chi connectivity index (χ3v) is 6.32. The fraction of sp³-hybridized carbons (Fsp3) is 0.241. The Labute approximate surface area is 208 Å². The number of hydrogen-bond acceptors (Lipinski definition) is 6. The van der Waals surface area contributed by atoms with E-state index >= 15 is 0 Å². The maximum atomic E-state index is 13.6. The highest BCUT2D eigenvalue weighted by molar-refractivity contribution is 6.16. The number of furan rings is 2. The van der Waals surface area contributed by atoms with Gasteiger partial charge in [-0.15, -0.1) is 0 Å². The molecule has 1 aliphatic heterocycles. The molecule has 0 spiro atoms. The summed E-state index contributed by atoms with van der Waals surface area (Å²) in [5.74, 6) is -0.465. The van der Waals surface area contributed by atoms with Gasteiger partial charge in [-0.1, -0.05) is 50.1 Å². The zero-order valence-corrected chi connectivity index (χ0v) is 20.0. The second-order valence-electron chi connectivity index (χ2n) is 8.78. The summed E-state index contributed by atoms with van der Waals surface area (Å²) < 4.78 is 17.0. The molecular formula is C29H27NO6. The predicted molar refractivity (Wildman–Crippen MR) is 134 cm³/mol. The highest BCUT2D eigenvalue weighted by atomic mass is 16.5. The molecule has 5 rings (SSSR count). The van der Waals surface area contributed by atoms with Crippen LogP contribution in [0.1, 0.15) is 54.1 Å². The Morgan fingerprint density at radius 3 is 2.58 bits per heavy atom. The first-order chi connectivity index (χ1) is 17.6. The lowest BCUT2D eigenvalue weighted by molar-refractivity contribution is -0.130. The molecular weight excluding hydrogens is 458 g/mol. The normalized spacial score (nSPS) is 15.8. The van der Waals surface area contributed by atoms with E-state index in [1.54, 1.807) is 24.3 Å². The van der Waals surface area contributed by atoms with Crippen molar-refractivity contribution in [2.75, 3.05) is 6.61 Å². The van der Waals surface area contributed by atoms with Gasteiger partial charge in [-0.25, -0.2) is 0 Å². The third kappa shape index (κ3) is 4.52. The minimum atomic E-state index is -0.822. The number of carbonyl (C=O) groups is 2. The van der Waals surface area contributed by atoms with Gasteiger partial charge in [0.25, 0.3) is 5.91 Å². The molecule has 1 aliphatic rings. The zero-order chi connectivity index (χ0) is 25.1. The van der Waals surface area contributed by atoms with Gasteiger partial charge in [0.15, 0.2) is 11.5 Å². The highest BCUT2D eigenvalue weighted by Gasteiger charge is 2.44. The van der Waals surface area contributed by atoms with Crippen LogP contribution in [0.2, 0.25) is 0 Å². The number of ketones is 1. The van der Waals surface area contributed by atoms with E-state index in [-0.39, 0.29) is 17.9 Å². The van der Waals surface area contributed by atoms with Crippen molar-refractivity contribution in [1.29, 1.82) is 0 Å². The lowest BCUT2D eigenvalue weighted by Gasteiger charge is -2.26. The molecule has 0 unspecified atom stereocenters. The first kappa shape index (κ1) is 23.5. The van der Waals surface area contributed by atoms with Gasteiger partial charge in [0.2, 0.25) is 5.78 Å². The lowest BCUT2D eigenvalue weighted by atomic mass is 9.95. The van der Waals surface area contributed by atoms with Crippen LogP contribution in [-0.2, 0) is 11.3 Å². The van der Waals surface area contributed by atoms with Crippen LogP contribution in [0.25, 0.3) is 11.0 Å². The number of benzene rings is 2. The van der Waals surface area contributed by atoms with Crippen molar-refractivity contribution in [3.63, 3.8) is 0 Å². The van der Waals surface area contributed by atoms with E-state index in [0.29, 0.717) is 29.3 Å². The molecule has 0 saturated carbocycles. The topological polar surface area (TPSA) is 93.1 Å². The Hall–Kier alpha value is -4.26. The van der Waals surface area contributed by atoms with Crippen molar-refractivity contribution in [2.24, 2.45) is 0 Å². The smallest absolute Gasteiger partial charge is 0.290 e. The van der Waals surface area contributed by atoms with Gasteiger partial charge in [-0.2, -0.15) is 0 Å². The van der Waals surface area contributed by atoms with Gasteiger partial charge in [0.05, 0.1) is 31.0 Å². The number of hydrogen-bond donors (Lipinski definition) is 1. The molecule has 36 heavy (non-hydrogen) atoms. The molecule has 2 aromatic heterocycles. The van der Waals surface area contributed by atoms with Crippen LogP contribution in [0, 0.1) is 0 Å². The van der Waals surface area contributed by atoms with E-state index in [9.17, 15) is 14.7 Å². The molecule has 4 aromatic rings. The van der Waals surface area contributed by atoms with E-state index < -0.39 is 23.5 Å². The van der Waals surface area contributed by atoms with Gasteiger partial charge in [-0.05, 0) is 48.4 Å². The number of amides is 1. The summed E-state index contributed by atoms with van der Waals surface area (Å²) in [5, 5.41) is 11.6. The summed E-state index contributed by atoms with van der Waals surface area (Å²) in [6, 6.07) is 18.8. The van der Waals surface area contributed by atoms with Gasteiger partial charge in [0, 0.05) is 5.39 Å². The van der Waals surface area contributed by atoms with E-state index in [1.807, 2.05) is 42.5 Å². The number of fused-ring (bicyclic) bond motifs is 1. The predicted octanol–water partition coefficient (Wildman–Crippen LogP) is 6.37. The fourth-order valence-electron chi connectivity index (χ4n) is 4.48. The van der Waals surface area contributed by atoms with Crippen LogP contribution in [0.15, 0.2) is 93.2 Å². The van der Waals surface area contributed by atoms with Gasteiger partial charge in [0.1, 0.15) is 17.1 Å². The number of para-hydroxylation sites is 1. The summed E-state index contributed by atoms with van der Waals surface area (Å²) in [7, 11) is 0. The fourth-order valence-corrected chi connectivity index (χ4v) is 4.48. The van der Waals surface area contributed by atoms with Gasteiger partial charge < -0.3 is 23.6 Å². The Morgan fingerprint density at radius 2 is 1.86 bits per heavy atom. The van der Waals surface area contributed by atoms with Crippen molar-refractivity contribution >= 4 is 22.7 Å². The Kier molecular flexibility index (Phi) is 6.62. The summed E-state index contributed by atoms with van der Waals surface area (Å²) in [6.07, 6.45) is 4.70. The number of unbranched alkanes of at least 4 members (excludes halogenated alkanes) is 2. The Bertz CT molecular complexity index is 1360. The lowest BCUT2D eigenvalue weighted by Crippen LogP contribution is -2.30. The Morgan fingerprint density at radius 1 is 1.06 bits per heavy atom. The molecule has 1 atom stereocenters. The second kappa shape index (κ2) is 10.2. The number of carbonyl (C=O) groups excluding carboxylic acids is 2. The van der Waals surface area contributed by atoms with Crippen LogP contribution in [0.3, 0.4) is 0 Å². The van der Waals surface area contributed by atoms with Crippen LogP contribution < -0.4 is 4.74 Å². The van der Waals surface area contributed by atoms with Crippen molar-refractivity contribution in [2.45, 2.75) is 38.8 Å². The minimum Gasteiger partial charge on any atom is -0.503 e. The molecule has 0 aliphatic carbocycles. The Balaban J connectivity index is 1.49. The molecule has 0 bridgehead atoms. The van der Waals surface area contributed by atoms with Crippen molar-refractivity contribution in [3.8, 4) is 5.75 Å². The first-order valence-corrected chi connectivity index (χ1v) is 12.1. The van der Waals surface area contributed by atoms with Gasteiger partial charge >= 0.3 is 0 Å². The molecule has 2 aromatic carbocycles. The molecule has 7 nitrogen and oxygen atoms in total. The molecule has 1 N–H and O–H groups in total. The zero-order valence-electron chi connectivity index (χ0n) is 20.0. The van der Waals surface area contributed by atoms with Crippen LogP contribution in [0.4, 0.5) is 0 Å². The summed E-state index contributed by atoms with van der Waals surface area (Å²) >= 11 is 0. The molecule has 184 valence electrons. The average Bonchev–Trinajstić information content (AvgIpc) is 3.62. The average molecular weight is 486 g/mol. The van der Waals surface area contributed by atoms with Gasteiger partial charge in [-0.3, -0.25) is 9.59 Å². The SMILES string of the molecule is CCCCCOc1ccc([C@H]2C(C(=O)c3cc4ccccc4o3)=C(O)C(=O)N2Cc2ccco2)cc1. The molecule has 0 radical (unpaired) electrons. The first-order valence-electron chi connectivity index (χ1n) is 12.1. The summed E-state index contributed by atoms with van der Waals surface area (Å²) in [5.41, 5.74) is 1.19. The molecule has 3 heterocycles. The van der Waals surface area contributed by atoms with E-state index in [2.05, 4.69) is 6.92 Å². The third-order valence-electron chi connectivity index (χ3n) is 6.32. The summed E-state index contributed by atoms with van der Waals surface area (Å²) in [6.45, 7) is 2.85. The van der Waals surface area contributed by atoms with E-state index in [1.165, 1.54) is 11.2 Å². The number of ether oxygens (including phenoxy) is 1. The van der Waals surface area contributed by atoms with E-state index in [4.69, 9.17) is 13.6 Å². The van der Waals surface area contributed by atoms with Crippen molar-refractivity contribution in [3.05, 3.63) is 101 Å². The quantitative estimate of drug-likeness (QED) is 0.207. The maximum Gasteiger partial charge on any atom is 0.290 e. The molecule has 0 fully saturated rings. The largest absolute Gasteiger partial charge is 0.503 e. The number of nitrogens with zero attached hydrogens (tertiary/aromatic N) is 1. The van der Waals surface area contributed by atoms with Crippen molar-refractivity contribution < 1.29 is 28.3 Å². The standard InChI is InChI=1S/C29H27NO6/c1-2-3-6-15-34-21-13-11-19(12-14-21)26-25(27(31)24-17-20-8-4-5-10-23(20)36-24)28(32)29(33)30(26)18-22-9-7-16-35-22/h4-5,7-14,16-17,26,32H,2-3,6,15,18H2,1H3/t26-/m0/s1. The minimum absolute atomic E-state index is 0.0257. The summed E-state index contributed by atoms with van der Waals surface area (Å²) in [4.78, 5) is 28.2. The number of Topliss-reactive ketones (excluding diaryl/α,β-unsaturated/α-hetero) is 1.